The highest BCUT2D eigenvalue weighted by atomic mass is 32.2. The van der Waals surface area contributed by atoms with Gasteiger partial charge in [0.2, 0.25) is 10.0 Å². The Balaban J connectivity index is 1.99. The molecule has 0 atom stereocenters. The zero-order chi connectivity index (χ0) is 13.0. The molecule has 1 aromatic carbocycles. The first-order valence-electron chi connectivity index (χ1n) is 5.35. The van der Waals surface area contributed by atoms with Gasteiger partial charge in [-0.1, -0.05) is 12.1 Å². The first kappa shape index (κ1) is 12.6. The van der Waals surface area contributed by atoms with E-state index in [-0.39, 0.29) is 12.3 Å². The maximum atomic E-state index is 11.8. The van der Waals surface area contributed by atoms with Crippen LogP contribution in [0.3, 0.4) is 0 Å². The van der Waals surface area contributed by atoms with Crippen LogP contribution < -0.4 is 10.5 Å². The van der Waals surface area contributed by atoms with Gasteiger partial charge in [0, 0.05) is 11.9 Å². The van der Waals surface area contributed by atoms with Gasteiger partial charge in [-0.15, -0.1) is 0 Å². The Bertz CT molecular complexity index is 608. The lowest BCUT2D eigenvalue weighted by atomic mass is 10.2. The number of aromatic nitrogens is 2. The number of hydrogen-bond donors (Lipinski definition) is 3. The molecule has 0 aliphatic carbocycles. The summed E-state index contributed by atoms with van der Waals surface area (Å²) in [4.78, 5) is 0. The molecule has 2 aromatic rings. The minimum absolute atomic E-state index is 0.0911. The number of nitrogens with two attached hydrogens (primary N) is 1. The number of benzene rings is 1. The molecule has 0 radical (unpaired) electrons. The Morgan fingerprint density at radius 2 is 2.17 bits per heavy atom. The van der Waals surface area contributed by atoms with Crippen molar-refractivity contribution >= 4 is 15.7 Å². The molecular formula is C11H14N4O2S. The Labute approximate surface area is 105 Å². The van der Waals surface area contributed by atoms with Gasteiger partial charge in [0.15, 0.2) is 0 Å². The molecule has 0 fully saturated rings. The highest BCUT2D eigenvalue weighted by Crippen LogP contribution is 2.09. The molecule has 0 aliphatic heterocycles. The predicted octanol–water partition coefficient (Wildman–Crippen LogP) is 0.611. The number of sulfonamides is 1. The van der Waals surface area contributed by atoms with Crippen molar-refractivity contribution in [1.82, 2.24) is 14.9 Å². The van der Waals surface area contributed by atoms with Gasteiger partial charge in [-0.2, -0.15) is 5.10 Å². The van der Waals surface area contributed by atoms with E-state index in [1.807, 2.05) is 0 Å². The Morgan fingerprint density at radius 1 is 1.33 bits per heavy atom. The minimum atomic E-state index is -3.38. The Kier molecular flexibility index (Phi) is 3.63. The SMILES string of the molecule is Nc1cccc(CS(=O)(=O)NCc2ccn[nH]2)c1. The van der Waals surface area contributed by atoms with Crippen LogP contribution in [-0.2, 0) is 22.3 Å². The lowest BCUT2D eigenvalue weighted by molar-refractivity contribution is 0.579. The van der Waals surface area contributed by atoms with Gasteiger partial charge >= 0.3 is 0 Å². The van der Waals surface area contributed by atoms with Crippen molar-refractivity contribution in [2.24, 2.45) is 0 Å². The topological polar surface area (TPSA) is 101 Å². The quantitative estimate of drug-likeness (QED) is 0.690. The van der Waals surface area contributed by atoms with Crippen LogP contribution in [0.15, 0.2) is 36.5 Å². The summed E-state index contributed by atoms with van der Waals surface area (Å²) in [6.45, 7) is 0.199. The fourth-order valence-electron chi connectivity index (χ4n) is 1.52. The van der Waals surface area contributed by atoms with Crippen LogP contribution in [0.1, 0.15) is 11.3 Å². The molecule has 0 amide bonds. The van der Waals surface area contributed by atoms with Gasteiger partial charge in [0.1, 0.15) is 0 Å². The van der Waals surface area contributed by atoms with Crippen molar-refractivity contribution in [3.05, 3.63) is 47.8 Å². The second-order valence-electron chi connectivity index (χ2n) is 3.91. The average Bonchev–Trinajstić information content (AvgIpc) is 2.78. The minimum Gasteiger partial charge on any atom is -0.399 e. The van der Waals surface area contributed by atoms with Crippen LogP contribution in [0, 0.1) is 0 Å². The van der Waals surface area contributed by atoms with E-state index in [9.17, 15) is 8.42 Å². The summed E-state index contributed by atoms with van der Waals surface area (Å²) < 4.78 is 26.1. The van der Waals surface area contributed by atoms with Crippen LogP contribution >= 0.6 is 0 Å². The van der Waals surface area contributed by atoms with Crippen LogP contribution in [0.4, 0.5) is 5.69 Å². The molecule has 96 valence electrons. The van der Waals surface area contributed by atoms with Crippen LogP contribution in [0.5, 0.6) is 0 Å². The lowest BCUT2D eigenvalue weighted by Crippen LogP contribution is -2.24. The smallest absolute Gasteiger partial charge is 0.216 e. The summed E-state index contributed by atoms with van der Waals surface area (Å²) in [6, 6.07) is 8.54. The third-order valence-electron chi connectivity index (χ3n) is 2.35. The fourth-order valence-corrected chi connectivity index (χ4v) is 2.62. The van der Waals surface area contributed by atoms with Gasteiger partial charge in [-0.25, -0.2) is 13.1 Å². The Hall–Kier alpha value is -1.86. The first-order valence-corrected chi connectivity index (χ1v) is 7.00. The normalized spacial score (nSPS) is 11.6. The molecule has 1 aromatic heterocycles. The van der Waals surface area contributed by atoms with Crippen molar-refractivity contribution in [1.29, 1.82) is 0 Å². The summed E-state index contributed by atoms with van der Waals surface area (Å²) in [7, 11) is -3.38. The van der Waals surface area contributed by atoms with Crippen molar-refractivity contribution < 1.29 is 8.42 Å². The molecule has 7 heteroatoms. The largest absolute Gasteiger partial charge is 0.399 e. The second-order valence-corrected chi connectivity index (χ2v) is 5.71. The van der Waals surface area contributed by atoms with Gasteiger partial charge in [0.25, 0.3) is 0 Å². The number of H-pyrrole nitrogens is 1. The molecule has 1 heterocycles. The molecule has 6 nitrogen and oxygen atoms in total. The number of hydrogen-bond acceptors (Lipinski definition) is 4. The van der Waals surface area contributed by atoms with Crippen molar-refractivity contribution in [2.75, 3.05) is 5.73 Å². The molecule has 0 saturated heterocycles. The molecular weight excluding hydrogens is 252 g/mol. The van der Waals surface area contributed by atoms with E-state index >= 15 is 0 Å². The zero-order valence-electron chi connectivity index (χ0n) is 9.63. The molecule has 0 unspecified atom stereocenters. The molecule has 2 rings (SSSR count). The van der Waals surface area contributed by atoms with Gasteiger partial charge in [-0.3, -0.25) is 5.10 Å². The fraction of sp³-hybridized carbons (Fsp3) is 0.182. The van der Waals surface area contributed by atoms with Gasteiger partial charge in [0.05, 0.1) is 18.0 Å². The molecule has 0 aliphatic rings. The summed E-state index contributed by atoms with van der Waals surface area (Å²) in [6.07, 6.45) is 1.57. The average molecular weight is 266 g/mol. The number of nitrogens with one attached hydrogen (secondary N) is 2. The zero-order valence-corrected chi connectivity index (χ0v) is 10.4. The van der Waals surface area contributed by atoms with E-state index in [1.165, 1.54) is 0 Å². The maximum Gasteiger partial charge on any atom is 0.216 e. The van der Waals surface area contributed by atoms with E-state index in [2.05, 4.69) is 14.9 Å². The number of nitrogens with zero attached hydrogens (tertiary/aromatic N) is 1. The van der Waals surface area contributed by atoms with E-state index < -0.39 is 10.0 Å². The summed E-state index contributed by atoms with van der Waals surface area (Å²) in [5.74, 6) is -0.0911. The predicted molar refractivity (Wildman–Crippen MR) is 68.9 cm³/mol. The third-order valence-corrected chi connectivity index (χ3v) is 3.65. The lowest BCUT2D eigenvalue weighted by Gasteiger charge is -2.06. The van der Waals surface area contributed by atoms with Crippen molar-refractivity contribution in [3.8, 4) is 0 Å². The van der Waals surface area contributed by atoms with Crippen molar-refractivity contribution in [2.45, 2.75) is 12.3 Å². The third kappa shape index (κ3) is 3.57. The van der Waals surface area contributed by atoms with Gasteiger partial charge < -0.3 is 5.73 Å². The van der Waals surface area contributed by atoms with Crippen LogP contribution in [-0.4, -0.2) is 18.6 Å². The van der Waals surface area contributed by atoms with E-state index in [0.717, 1.165) is 0 Å². The highest BCUT2D eigenvalue weighted by molar-refractivity contribution is 7.88. The summed E-state index contributed by atoms with van der Waals surface area (Å²) in [5.41, 5.74) is 7.53. The molecule has 0 bridgehead atoms. The first-order chi connectivity index (χ1) is 8.55. The Morgan fingerprint density at radius 3 is 2.83 bits per heavy atom. The van der Waals surface area contributed by atoms with Crippen LogP contribution in [0.2, 0.25) is 0 Å². The van der Waals surface area contributed by atoms with Gasteiger partial charge in [-0.05, 0) is 23.8 Å². The van der Waals surface area contributed by atoms with Crippen LogP contribution in [0.25, 0.3) is 0 Å². The molecule has 18 heavy (non-hydrogen) atoms. The number of nitrogen functional groups attached to an aromatic ring is 1. The second kappa shape index (κ2) is 5.19. The van der Waals surface area contributed by atoms with E-state index in [4.69, 9.17) is 5.73 Å². The summed E-state index contributed by atoms with van der Waals surface area (Å²) in [5, 5.41) is 6.43. The highest BCUT2D eigenvalue weighted by Gasteiger charge is 2.11. The molecule has 0 saturated carbocycles. The molecule has 4 N–H and O–H groups in total. The number of rotatable bonds is 5. The number of aromatic amines is 1. The van der Waals surface area contributed by atoms with E-state index in [0.29, 0.717) is 16.9 Å². The monoisotopic (exact) mass is 266 g/mol. The molecule has 0 spiro atoms. The maximum absolute atomic E-state index is 11.8. The number of anilines is 1. The van der Waals surface area contributed by atoms with Crippen molar-refractivity contribution in [3.63, 3.8) is 0 Å². The summed E-state index contributed by atoms with van der Waals surface area (Å²) >= 11 is 0. The standard InChI is InChI=1S/C11H14N4O2S/c12-10-3-1-2-9(6-10)8-18(16,17)14-7-11-4-5-13-15-11/h1-6,14H,7-8,12H2,(H,13,15). The van der Waals surface area contributed by atoms with E-state index in [1.54, 1.807) is 36.5 Å².